The van der Waals surface area contributed by atoms with Crippen LogP contribution in [0.3, 0.4) is 0 Å². The second kappa shape index (κ2) is 11.3. The molecule has 1 aliphatic rings. The quantitative estimate of drug-likeness (QED) is 0.419. The number of hydrogen-bond donors (Lipinski definition) is 2. The van der Waals surface area contributed by atoms with Crippen molar-refractivity contribution in [3.05, 3.63) is 102 Å². The first-order valence-electron chi connectivity index (χ1n) is 12.2. The molecule has 4 nitrogen and oxygen atoms in total. The van der Waals surface area contributed by atoms with Crippen LogP contribution < -0.4 is 10.6 Å². The van der Waals surface area contributed by atoms with Gasteiger partial charge in [0.25, 0.3) is 0 Å². The molecule has 3 aromatic rings. The molecule has 1 atom stereocenters. The lowest BCUT2D eigenvalue weighted by atomic mass is 9.94. The van der Waals surface area contributed by atoms with Gasteiger partial charge in [-0.05, 0) is 54.8 Å². The molecule has 5 heteroatoms. The van der Waals surface area contributed by atoms with Crippen molar-refractivity contribution < 1.29 is 4.39 Å². The Morgan fingerprint density at radius 2 is 1.68 bits per heavy atom. The Hall–Kier alpha value is -3.15. The molecule has 0 bridgehead atoms. The van der Waals surface area contributed by atoms with E-state index >= 15 is 0 Å². The zero-order valence-electron chi connectivity index (χ0n) is 20.2. The van der Waals surface area contributed by atoms with Crippen LogP contribution in [-0.4, -0.2) is 49.1 Å². The minimum Gasteiger partial charge on any atom is -0.372 e. The van der Waals surface area contributed by atoms with Crippen LogP contribution in [0.4, 0.5) is 15.8 Å². The average Bonchev–Trinajstić information content (AvgIpc) is 2.88. The summed E-state index contributed by atoms with van der Waals surface area (Å²) in [5.41, 5.74) is 6.03. The molecular formula is C29H35FN4. The van der Waals surface area contributed by atoms with Gasteiger partial charge in [-0.3, -0.25) is 4.90 Å². The number of benzene rings is 3. The molecule has 3 aromatic carbocycles. The highest BCUT2D eigenvalue weighted by Crippen LogP contribution is 2.32. The smallest absolute Gasteiger partial charge is 0.146 e. The number of para-hydroxylation sites is 1. The molecule has 0 radical (unpaired) electrons. The van der Waals surface area contributed by atoms with E-state index in [0.717, 1.165) is 56.2 Å². The first-order valence-corrected chi connectivity index (χ1v) is 12.2. The van der Waals surface area contributed by atoms with Gasteiger partial charge in [0.05, 0.1) is 11.7 Å². The minimum atomic E-state index is -0.254. The van der Waals surface area contributed by atoms with Gasteiger partial charge in [-0.15, -0.1) is 0 Å². The van der Waals surface area contributed by atoms with Crippen LogP contribution in [-0.2, 0) is 0 Å². The maximum atomic E-state index is 14.2. The zero-order valence-corrected chi connectivity index (χ0v) is 20.2. The van der Waals surface area contributed by atoms with E-state index in [1.807, 2.05) is 18.2 Å². The van der Waals surface area contributed by atoms with Crippen molar-refractivity contribution in [1.29, 1.82) is 0 Å². The van der Waals surface area contributed by atoms with E-state index in [4.69, 9.17) is 0 Å². The lowest BCUT2D eigenvalue weighted by Gasteiger charge is -2.36. The third kappa shape index (κ3) is 5.49. The monoisotopic (exact) mass is 458 g/mol. The Balaban J connectivity index is 1.65. The van der Waals surface area contributed by atoms with Crippen LogP contribution >= 0.6 is 0 Å². The topological polar surface area (TPSA) is 30.5 Å². The molecule has 1 saturated heterocycles. The van der Waals surface area contributed by atoms with Gasteiger partial charge in [0, 0.05) is 50.7 Å². The molecule has 0 saturated carbocycles. The van der Waals surface area contributed by atoms with E-state index in [9.17, 15) is 4.39 Å². The van der Waals surface area contributed by atoms with Crippen molar-refractivity contribution in [3.63, 3.8) is 0 Å². The zero-order chi connectivity index (χ0) is 23.9. The number of hydrogen-bond acceptors (Lipinski definition) is 4. The summed E-state index contributed by atoms with van der Waals surface area (Å²) in [5.74, 6) is -0.254. The van der Waals surface area contributed by atoms with Crippen molar-refractivity contribution in [3.8, 4) is 0 Å². The predicted molar refractivity (Wildman–Crippen MR) is 141 cm³/mol. The van der Waals surface area contributed by atoms with E-state index in [-0.39, 0.29) is 11.9 Å². The Labute approximate surface area is 203 Å². The van der Waals surface area contributed by atoms with Gasteiger partial charge in [-0.2, -0.15) is 0 Å². The number of anilines is 2. The second-order valence-electron chi connectivity index (χ2n) is 8.66. The lowest BCUT2D eigenvalue weighted by molar-refractivity contribution is 0.198. The summed E-state index contributed by atoms with van der Waals surface area (Å²) in [6.07, 6.45) is 0. The highest BCUT2D eigenvalue weighted by atomic mass is 19.1. The van der Waals surface area contributed by atoms with Crippen LogP contribution in [0, 0.1) is 5.82 Å². The van der Waals surface area contributed by atoms with Crippen LogP contribution in [0.25, 0.3) is 5.70 Å². The van der Waals surface area contributed by atoms with Gasteiger partial charge in [-0.25, -0.2) is 4.39 Å². The summed E-state index contributed by atoms with van der Waals surface area (Å²) in [5, 5.41) is 6.71. The Morgan fingerprint density at radius 3 is 2.35 bits per heavy atom. The van der Waals surface area contributed by atoms with E-state index in [2.05, 4.69) is 77.3 Å². The van der Waals surface area contributed by atoms with Crippen molar-refractivity contribution in [2.24, 2.45) is 0 Å². The first-order chi connectivity index (χ1) is 16.6. The number of piperazine rings is 1. The highest BCUT2D eigenvalue weighted by Gasteiger charge is 2.24. The van der Waals surface area contributed by atoms with Gasteiger partial charge in [-0.1, -0.05) is 55.1 Å². The molecule has 2 N–H and O–H groups in total. The predicted octanol–water partition coefficient (Wildman–Crippen LogP) is 5.88. The van der Waals surface area contributed by atoms with E-state index in [1.165, 1.54) is 17.2 Å². The fourth-order valence-corrected chi connectivity index (χ4v) is 4.70. The molecule has 0 aromatic heterocycles. The van der Waals surface area contributed by atoms with E-state index in [0.29, 0.717) is 5.69 Å². The molecular weight excluding hydrogens is 423 g/mol. The standard InChI is InChI=1S/C29H35FN4/c1-4-33(5-2)22(3)23-13-15-24(16-14-23)29(34-19-17-31-18-20-34)25-9-8-10-26(21-25)32-28-12-7-6-11-27(28)30/h6-16,21,29,31-32H,3-5,17-20H2,1-2H3/t29-/m0/s1. The third-order valence-electron chi connectivity index (χ3n) is 6.58. The fourth-order valence-electron chi connectivity index (χ4n) is 4.70. The number of nitrogens with zero attached hydrogens (tertiary/aromatic N) is 2. The number of rotatable bonds is 9. The molecule has 0 amide bonds. The van der Waals surface area contributed by atoms with E-state index in [1.54, 1.807) is 12.1 Å². The first kappa shape index (κ1) is 24.0. The lowest BCUT2D eigenvalue weighted by Crippen LogP contribution is -2.45. The summed E-state index contributed by atoms with van der Waals surface area (Å²) in [6, 6.07) is 24.1. The molecule has 178 valence electrons. The molecule has 0 spiro atoms. The van der Waals surface area contributed by atoms with E-state index < -0.39 is 0 Å². The SMILES string of the molecule is C=C(c1ccc([C@@H](c2cccc(Nc3ccccc3F)c2)N2CCNCC2)cc1)N(CC)CC. The molecule has 0 aliphatic carbocycles. The van der Waals surface area contributed by atoms with Gasteiger partial charge >= 0.3 is 0 Å². The van der Waals surface area contributed by atoms with Crippen molar-refractivity contribution >= 4 is 17.1 Å². The third-order valence-corrected chi connectivity index (χ3v) is 6.58. The molecule has 0 unspecified atom stereocenters. The Bertz CT molecular complexity index is 1090. The largest absolute Gasteiger partial charge is 0.372 e. The van der Waals surface area contributed by atoms with Crippen molar-refractivity contribution in [2.75, 3.05) is 44.6 Å². The van der Waals surface area contributed by atoms with Crippen molar-refractivity contribution in [2.45, 2.75) is 19.9 Å². The summed E-state index contributed by atoms with van der Waals surface area (Å²) < 4.78 is 14.2. The average molecular weight is 459 g/mol. The number of nitrogens with one attached hydrogen (secondary N) is 2. The maximum absolute atomic E-state index is 14.2. The van der Waals surface area contributed by atoms with Crippen LogP contribution in [0.5, 0.6) is 0 Å². The summed E-state index contributed by atoms with van der Waals surface area (Å²) in [6.45, 7) is 14.4. The van der Waals surface area contributed by atoms with Gasteiger partial charge in [0.2, 0.25) is 0 Å². The second-order valence-corrected chi connectivity index (χ2v) is 8.66. The molecule has 1 fully saturated rings. The van der Waals surface area contributed by atoms with Gasteiger partial charge in [0.15, 0.2) is 0 Å². The van der Waals surface area contributed by atoms with Crippen molar-refractivity contribution in [1.82, 2.24) is 15.1 Å². The fraction of sp³-hybridized carbons (Fsp3) is 0.310. The normalized spacial score (nSPS) is 15.0. The highest BCUT2D eigenvalue weighted by molar-refractivity contribution is 5.63. The van der Waals surface area contributed by atoms with Crippen LogP contribution in [0.15, 0.2) is 79.4 Å². The van der Waals surface area contributed by atoms with Gasteiger partial charge < -0.3 is 15.5 Å². The molecule has 4 rings (SSSR count). The molecule has 1 aliphatic heterocycles. The summed E-state index contributed by atoms with van der Waals surface area (Å²) in [4.78, 5) is 4.80. The Kier molecular flexibility index (Phi) is 7.99. The maximum Gasteiger partial charge on any atom is 0.146 e. The molecule has 34 heavy (non-hydrogen) atoms. The summed E-state index contributed by atoms with van der Waals surface area (Å²) in [7, 11) is 0. The molecule has 1 heterocycles. The minimum absolute atomic E-state index is 0.125. The van der Waals surface area contributed by atoms with Crippen LogP contribution in [0.1, 0.15) is 36.6 Å². The van der Waals surface area contributed by atoms with Crippen LogP contribution in [0.2, 0.25) is 0 Å². The number of halogens is 1. The summed E-state index contributed by atoms with van der Waals surface area (Å²) >= 11 is 0. The Morgan fingerprint density at radius 1 is 0.971 bits per heavy atom. The van der Waals surface area contributed by atoms with Gasteiger partial charge in [0.1, 0.15) is 5.82 Å².